The molecule has 3 amide bonds. The molecule has 6 nitrogen and oxygen atoms in total. The van der Waals surface area contributed by atoms with Crippen LogP contribution in [0.4, 0.5) is 9.18 Å². The predicted octanol–water partition coefficient (Wildman–Crippen LogP) is 5.06. The van der Waals surface area contributed by atoms with E-state index < -0.39 is 11.7 Å². The van der Waals surface area contributed by atoms with E-state index in [1.54, 1.807) is 42.5 Å². The lowest BCUT2D eigenvalue weighted by molar-refractivity contribution is -0.123. The van der Waals surface area contributed by atoms with Crippen LogP contribution in [0.25, 0.3) is 6.08 Å². The number of imide groups is 1. The zero-order valence-electron chi connectivity index (χ0n) is 20.9. The second-order valence-electron chi connectivity index (χ2n) is 9.39. The molecule has 2 aliphatic rings. The first-order valence-corrected chi connectivity index (χ1v) is 13.4. The third kappa shape index (κ3) is 6.20. The Labute approximate surface area is 225 Å². The molecule has 0 aromatic heterocycles. The van der Waals surface area contributed by atoms with Crippen molar-refractivity contribution >= 4 is 34.9 Å². The number of rotatable bonds is 7. The molecule has 0 unspecified atom stereocenters. The van der Waals surface area contributed by atoms with Gasteiger partial charge in [-0.15, -0.1) is 0 Å². The lowest BCUT2D eigenvalue weighted by Gasteiger charge is -2.34. The predicted molar refractivity (Wildman–Crippen MR) is 147 cm³/mol. The zero-order chi connectivity index (χ0) is 26.5. The molecule has 2 aliphatic heterocycles. The Kier molecular flexibility index (Phi) is 8.00. The van der Waals surface area contributed by atoms with Crippen LogP contribution < -0.4 is 0 Å². The van der Waals surface area contributed by atoms with Crippen molar-refractivity contribution in [2.45, 2.75) is 13.0 Å². The van der Waals surface area contributed by atoms with Crippen LogP contribution in [-0.4, -0.2) is 64.5 Å². The molecule has 194 valence electrons. The quantitative estimate of drug-likeness (QED) is 0.401. The average molecular weight is 530 g/mol. The third-order valence-corrected chi connectivity index (χ3v) is 7.69. The van der Waals surface area contributed by atoms with Crippen LogP contribution in [-0.2, 0) is 17.8 Å². The molecule has 0 saturated carbocycles. The number of nitrogens with zero attached hydrogens (tertiary/aromatic N) is 3. The van der Waals surface area contributed by atoms with Gasteiger partial charge in [-0.05, 0) is 65.2 Å². The van der Waals surface area contributed by atoms with E-state index >= 15 is 0 Å². The van der Waals surface area contributed by atoms with Crippen molar-refractivity contribution < 1.29 is 18.8 Å². The minimum Gasteiger partial charge on any atom is -0.336 e. The Hall–Kier alpha value is -3.75. The van der Waals surface area contributed by atoms with E-state index in [1.807, 2.05) is 11.0 Å². The maximum atomic E-state index is 13.5. The average Bonchev–Trinajstić information content (AvgIpc) is 3.20. The highest BCUT2D eigenvalue weighted by Gasteiger charge is 2.35. The summed E-state index contributed by atoms with van der Waals surface area (Å²) in [5.74, 6) is -0.825. The van der Waals surface area contributed by atoms with Gasteiger partial charge in [-0.3, -0.25) is 24.2 Å². The van der Waals surface area contributed by atoms with Crippen LogP contribution in [0.5, 0.6) is 0 Å². The largest absolute Gasteiger partial charge is 0.336 e. The van der Waals surface area contributed by atoms with Crippen molar-refractivity contribution in [1.29, 1.82) is 0 Å². The summed E-state index contributed by atoms with van der Waals surface area (Å²) in [6, 6.07) is 23.4. The topological polar surface area (TPSA) is 60.9 Å². The van der Waals surface area contributed by atoms with Gasteiger partial charge in [0, 0.05) is 38.3 Å². The second-order valence-corrected chi connectivity index (χ2v) is 10.4. The lowest BCUT2D eigenvalue weighted by atomic mass is 10.1. The summed E-state index contributed by atoms with van der Waals surface area (Å²) < 4.78 is 13.5. The van der Waals surface area contributed by atoms with E-state index in [0.29, 0.717) is 29.1 Å². The van der Waals surface area contributed by atoms with Crippen LogP contribution in [0, 0.1) is 5.82 Å². The van der Waals surface area contributed by atoms with Gasteiger partial charge in [0.15, 0.2) is 0 Å². The SMILES string of the molecule is O=C(c1ccc(C=C2SC(=O)N(Cc3cccc(F)c3)C2=O)cc1)N1CCN(CCc2ccccc2)CC1. The van der Waals surface area contributed by atoms with Crippen molar-refractivity contribution in [3.63, 3.8) is 0 Å². The minimum absolute atomic E-state index is 0.00493. The fourth-order valence-electron chi connectivity index (χ4n) is 4.62. The van der Waals surface area contributed by atoms with Gasteiger partial charge >= 0.3 is 0 Å². The normalized spacial score (nSPS) is 17.4. The highest BCUT2D eigenvalue weighted by atomic mass is 32.2. The first kappa shape index (κ1) is 25.9. The highest BCUT2D eigenvalue weighted by Crippen LogP contribution is 2.33. The molecule has 2 saturated heterocycles. The smallest absolute Gasteiger partial charge is 0.293 e. The van der Waals surface area contributed by atoms with Gasteiger partial charge in [0.25, 0.3) is 17.1 Å². The summed E-state index contributed by atoms with van der Waals surface area (Å²) in [4.78, 5) is 43.9. The molecule has 0 atom stereocenters. The van der Waals surface area contributed by atoms with E-state index in [1.165, 1.54) is 17.7 Å². The Morgan fingerprint density at radius 3 is 2.29 bits per heavy atom. The van der Waals surface area contributed by atoms with E-state index in [0.717, 1.165) is 48.3 Å². The Morgan fingerprint density at radius 2 is 1.58 bits per heavy atom. The number of thioether (sulfide) groups is 1. The first-order valence-electron chi connectivity index (χ1n) is 12.6. The minimum atomic E-state index is -0.412. The van der Waals surface area contributed by atoms with Gasteiger partial charge in [0.1, 0.15) is 5.82 Å². The molecular weight excluding hydrogens is 501 g/mol. The molecule has 8 heteroatoms. The summed E-state index contributed by atoms with van der Waals surface area (Å²) >= 11 is 0.861. The number of hydrogen-bond donors (Lipinski definition) is 0. The van der Waals surface area contributed by atoms with Crippen LogP contribution in [0.15, 0.2) is 83.8 Å². The molecule has 2 fully saturated rings. The maximum absolute atomic E-state index is 13.5. The molecule has 5 rings (SSSR count). The van der Waals surface area contributed by atoms with Crippen LogP contribution in [0.1, 0.15) is 27.0 Å². The van der Waals surface area contributed by atoms with Crippen molar-refractivity contribution in [1.82, 2.24) is 14.7 Å². The first-order chi connectivity index (χ1) is 18.5. The molecule has 0 bridgehead atoms. The number of piperazine rings is 1. The molecule has 0 spiro atoms. The standard InChI is InChI=1S/C30H28FN3O3S/c31-26-8-4-7-24(19-26)21-34-29(36)27(38-30(34)37)20-23-9-11-25(12-10-23)28(35)33-17-15-32(16-18-33)14-13-22-5-2-1-3-6-22/h1-12,19-20H,13-18,21H2. The van der Waals surface area contributed by atoms with Crippen molar-refractivity contribution in [3.8, 4) is 0 Å². The molecule has 2 heterocycles. The Balaban J connectivity index is 1.15. The molecular formula is C30H28FN3O3S. The van der Waals surface area contributed by atoms with Crippen molar-refractivity contribution in [2.75, 3.05) is 32.7 Å². The van der Waals surface area contributed by atoms with Gasteiger partial charge in [0.2, 0.25) is 0 Å². The van der Waals surface area contributed by atoms with Gasteiger partial charge < -0.3 is 4.90 Å². The van der Waals surface area contributed by atoms with E-state index in [-0.39, 0.29) is 17.7 Å². The Morgan fingerprint density at radius 1 is 0.868 bits per heavy atom. The van der Waals surface area contributed by atoms with Crippen LogP contribution >= 0.6 is 11.8 Å². The monoisotopic (exact) mass is 529 g/mol. The fourth-order valence-corrected chi connectivity index (χ4v) is 5.45. The van der Waals surface area contributed by atoms with Crippen LogP contribution in [0.3, 0.4) is 0 Å². The van der Waals surface area contributed by atoms with Gasteiger partial charge in [0.05, 0.1) is 11.4 Å². The third-order valence-electron chi connectivity index (χ3n) is 6.78. The molecule has 0 radical (unpaired) electrons. The molecule has 3 aromatic carbocycles. The van der Waals surface area contributed by atoms with E-state index in [4.69, 9.17) is 0 Å². The van der Waals surface area contributed by atoms with Crippen LogP contribution in [0.2, 0.25) is 0 Å². The lowest BCUT2D eigenvalue weighted by Crippen LogP contribution is -2.49. The van der Waals surface area contributed by atoms with E-state index in [2.05, 4.69) is 29.2 Å². The number of carbonyl (C=O) groups is 3. The van der Waals surface area contributed by atoms with Gasteiger partial charge in [-0.25, -0.2) is 4.39 Å². The number of carbonyl (C=O) groups excluding carboxylic acids is 3. The summed E-state index contributed by atoms with van der Waals surface area (Å²) in [6.07, 6.45) is 2.65. The van der Waals surface area contributed by atoms with Crippen molar-refractivity contribution in [2.24, 2.45) is 0 Å². The van der Waals surface area contributed by atoms with E-state index in [9.17, 15) is 18.8 Å². The summed E-state index contributed by atoms with van der Waals surface area (Å²) in [7, 11) is 0. The number of amides is 3. The summed E-state index contributed by atoms with van der Waals surface area (Å²) in [5.41, 5.74) is 3.19. The van der Waals surface area contributed by atoms with Crippen molar-refractivity contribution in [3.05, 3.63) is 112 Å². The maximum Gasteiger partial charge on any atom is 0.293 e. The Bertz CT molecular complexity index is 1350. The number of halogens is 1. The summed E-state index contributed by atoms with van der Waals surface area (Å²) in [6.45, 7) is 4.08. The number of hydrogen-bond acceptors (Lipinski definition) is 5. The second kappa shape index (κ2) is 11.8. The van der Waals surface area contributed by atoms with Gasteiger partial charge in [-0.2, -0.15) is 0 Å². The molecule has 3 aromatic rings. The van der Waals surface area contributed by atoms with Gasteiger partial charge in [-0.1, -0.05) is 54.6 Å². The fraction of sp³-hybridized carbons (Fsp3) is 0.233. The molecule has 0 N–H and O–H groups in total. The molecule has 38 heavy (non-hydrogen) atoms. The summed E-state index contributed by atoms with van der Waals surface area (Å²) in [5, 5.41) is -0.389. The number of benzene rings is 3. The highest BCUT2D eigenvalue weighted by molar-refractivity contribution is 8.18. The molecule has 0 aliphatic carbocycles. The zero-order valence-corrected chi connectivity index (χ0v) is 21.7.